The Balaban J connectivity index is 0.00000132. The minimum atomic E-state index is 0. The monoisotopic (exact) mass is 278 g/mol. The Morgan fingerprint density at radius 1 is 0.381 bits per heavy atom. The van der Waals surface area contributed by atoms with Gasteiger partial charge in [0, 0.05) is 0 Å². The van der Waals surface area contributed by atoms with E-state index in [1.54, 1.807) is 0 Å². The summed E-state index contributed by atoms with van der Waals surface area (Å²) in [4.78, 5) is 0. The van der Waals surface area contributed by atoms with Gasteiger partial charge in [-0.1, -0.05) is 84.9 Å². The van der Waals surface area contributed by atoms with Crippen molar-refractivity contribution in [1.82, 2.24) is 0 Å². The van der Waals surface area contributed by atoms with Crippen LogP contribution in [0.1, 0.15) is 0 Å². The zero-order valence-electron chi connectivity index (χ0n) is 11.1. The molecule has 0 atom stereocenters. The fourth-order valence-electron chi connectivity index (χ4n) is 2.92. The van der Waals surface area contributed by atoms with Crippen LogP contribution in [0.5, 0.6) is 0 Å². The summed E-state index contributed by atoms with van der Waals surface area (Å²) in [5, 5.41) is 5.20. The smallest absolute Gasteiger partial charge is 0.00992 e. The van der Waals surface area contributed by atoms with Crippen molar-refractivity contribution in [3.05, 3.63) is 84.9 Å². The molecule has 0 saturated heterocycles. The third-order valence-electron chi connectivity index (χ3n) is 3.87. The maximum absolute atomic E-state index is 2.21. The quantitative estimate of drug-likeness (QED) is 0.429. The molecule has 4 rings (SSSR count). The largest absolute Gasteiger partial charge is 0.0616 e. The summed E-state index contributed by atoms with van der Waals surface area (Å²) in [6, 6.07) is 30.2. The maximum atomic E-state index is 2.21. The summed E-state index contributed by atoms with van der Waals surface area (Å²) in [5.41, 5.74) is 2.61. The van der Waals surface area contributed by atoms with E-state index in [1.165, 1.54) is 32.7 Å². The van der Waals surface area contributed by atoms with E-state index in [9.17, 15) is 0 Å². The van der Waals surface area contributed by atoms with E-state index in [2.05, 4.69) is 84.9 Å². The summed E-state index contributed by atoms with van der Waals surface area (Å²) in [6.07, 6.45) is 0. The van der Waals surface area contributed by atoms with E-state index in [0.717, 1.165) is 0 Å². The third kappa shape index (κ3) is 2.51. The molecule has 4 aromatic carbocycles. The van der Waals surface area contributed by atoms with E-state index in [4.69, 9.17) is 0 Å². The van der Waals surface area contributed by atoms with E-state index >= 15 is 0 Å². The number of rotatable bonds is 1. The molecule has 0 N–H and O–H groups in total. The molecule has 0 aliphatic rings. The molecule has 0 heterocycles. The molecule has 1 heteroatoms. The van der Waals surface area contributed by atoms with Gasteiger partial charge in [0.25, 0.3) is 0 Å². The number of hydrogen-bond donors (Lipinski definition) is 0. The van der Waals surface area contributed by atoms with Crippen LogP contribution < -0.4 is 0 Å². The van der Waals surface area contributed by atoms with Crippen LogP contribution in [0.4, 0.5) is 0 Å². The SMILES string of the molecule is [NaH].c1ccc2c(-c3cccc4ccccc34)cccc2c1. The van der Waals surface area contributed by atoms with Crippen LogP contribution >= 0.6 is 0 Å². The summed E-state index contributed by atoms with van der Waals surface area (Å²) < 4.78 is 0. The molecule has 4 aromatic rings. The summed E-state index contributed by atoms with van der Waals surface area (Å²) in [5.74, 6) is 0. The zero-order valence-corrected chi connectivity index (χ0v) is 11.1. The van der Waals surface area contributed by atoms with Gasteiger partial charge in [-0.3, -0.25) is 0 Å². The average molecular weight is 278 g/mol. The zero-order chi connectivity index (χ0) is 13.4. The van der Waals surface area contributed by atoms with Crippen molar-refractivity contribution in [1.29, 1.82) is 0 Å². The molecule has 0 aliphatic heterocycles. The van der Waals surface area contributed by atoms with Gasteiger partial charge in [0.1, 0.15) is 0 Å². The Morgan fingerprint density at radius 2 is 0.762 bits per heavy atom. The van der Waals surface area contributed by atoms with Crippen molar-refractivity contribution in [3.63, 3.8) is 0 Å². The Bertz CT molecular complexity index is 821. The standard InChI is InChI=1S/C20H14.Na.H/c1-3-11-17-15(7-1)9-5-13-19(17)20-14-6-10-16-8-2-4-12-18(16)20;;/h1-14H;;. The predicted molar refractivity (Wildman–Crippen MR) is 94.0 cm³/mol. The van der Waals surface area contributed by atoms with Crippen molar-refractivity contribution in [2.45, 2.75) is 0 Å². The summed E-state index contributed by atoms with van der Waals surface area (Å²) >= 11 is 0. The van der Waals surface area contributed by atoms with Crippen molar-refractivity contribution < 1.29 is 0 Å². The van der Waals surface area contributed by atoms with E-state index in [-0.39, 0.29) is 29.6 Å². The molecular weight excluding hydrogens is 263 g/mol. The van der Waals surface area contributed by atoms with Crippen molar-refractivity contribution in [3.8, 4) is 11.1 Å². The molecule has 0 radical (unpaired) electrons. The molecule has 21 heavy (non-hydrogen) atoms. The molecular formula is C20H15Na. The Hall–Kier alpha value is -1.60. The van der Waals surface area contributed by atoms with Crippen LogP contribution in [0, 0.1) is 0 Å². The molecule has 0 saturated carbocycles. The molecule has 0 unspecified atom stereocenters. The number of fused-ring (bicyclic) bond motifs is 2. The third-order valence-corrected chi connectivity index (χ3v) is 3.87. The van der Waals surface area contributed by atoms with Crippen LogP contribution in [0.25, 0.3) is 32.7 Å². The van der Waals surface area contributed by atoms with Gasteiger partial charge >= 0.3 is 29.6 Å². The van der Waals surface area contributed by atoms with Gasteiger partial charge in [0.05, 0.1) is 0 Å². The molecule has 0 nitrogen and oxygen atoms in total. The second kappa shape index (κ2) is 6.03. The van der Waals surface area contributed by atoms with Gasteiger partial charge in [-0.2, -0.15) is 0 Å². The second-order valence-electron chi connectivity index (χ2n) is 5.05. The van der Waals surface area contributed by atoms with Crippen LogP contribution in [0.2, 0.25) is 0 Å². The second-order valence-corrected chi connectivity index (χ2v) is 5.05. The topological polar surface area (TPSA) is 0 Å². The van der Waals surface area contributed by atoms with Crippen molar-refractivity contribution >= 4 is 51.1 Å². The first-order valence-electron chi connectivity index (χ1n) is 6.89. The van der Waals surface area contributed by atoms with E-state index in [1.807, 2.05) is 0 Å². The summed E-state index contributed by atoms with van der Waals surface area (Å²) in [7, 11) is 0. The van der Waals surface area contributed by atoms with Gasteiger partial charge in [-0.05, 0) is 32.7 Å². The van der Waals surface area contributed by atoms with Crippen LogP contribution in [0.15, 0.2) is 84.9 Å². The van der Waals surface area contributed by atoms with Gasteiger partial charge in [0.15, 0.2) is 0 Å². The molecule has 0 fully saturated rings. The Kier molecular flexibility index (Phi) is 4.12. The summed E-state index contributed by atoms with van der Waals surface area (Å²) in [6.45, 7) is 0. The van der Waals surface area contributed by atoms with Gasteiger partial charge in [-0.15, -0.1) is 0 Å². The first-order chi connectivity index (χ1) is 9.93. The van der Waals surface area contributed by atoms with Gasteiger partial charge in [0.2, 0.25) is 0 Å². The minimum Gasteiger partial charge on any atom is -0.0616 e. The maximum Gasteiger partial charge on any atom is -0.00992 e. The van der Waals surface area contributed by atoms with E-state index in [0.29, 0.717) is 0 Å². The first-order valence-corrected chi connectivity index (χ1v) is 6.89. The molecule has 0 aromatic heterocycles. The molecule has 0 spiro atoms. The van der Waals surface area contributed by atoms with Gasteiger partial charge < -0.3 is 0 Å². The first kappa shape index (κ1) is 14.3. The fraction of sp³-hybridized carbons (Fsp3) is 0. The Morgan fingerprint density at radius 3 is 1.24 bits per heavy atom. The predicted octanol–water partition coefficient (Wildman–Crippen LogP) is 5.01. The normalized spacial score (nSPS) is 10.5. The van der Waals surface area contributed by atoms with Crippen LogP contribution in [-0.4, -0.2) is 29.6 Å². The molecule has 0 aliphatic carbocycles. The van der Waals surface area contributed by atoms with Crippen molar-refractivity contribution in [2.75, 3.05) is 0 Å². The molecule has 0 bridgehead atoms. The molecule has 96 valence electrons. The van der Waals surface area contributed by atoms with Crippen LogP contribution in [-0.2, 0) is 0 Å². The number of hydrogen-bond acceptors (Lipinski definition) is 0. The Labute approximate surface area is 146 Å². The van der Waals surface area contributed by atoms with Crippen molar-refractivity contribution in [2.24, 2.45) is 0 Å². The van der Waals surface area contributed by atoms with Gasteiger partial charge in [-0.25, -0.2) is 0 Å². The fourth-order valence-corrected chi connectivity index (χ4v) is 2.92. The molecule has 0 amide bonds. The minimum absolute atomic E-state index is 0. The van der Waals surface area contributed by atoms with Crippen LogP contribution in [0.3, 0.4) is 0 Å². The number of benzene rings is 4. The average Bonchev–Trinajstić information content (AvgIpc) is 2.54. The van der Waals surface area contributed by atoms with E-state index < -0.39 is 0 Å².